The Hall–Kier alpha value is -3.30. The molecule has 1 atom stereocenters. The highest BCUT2D eigenvalue weighted by molar-refractivity contribution is 5.81. The molecule has 2 aromatic carbocycles. The summed E-state index contributed by atoms with van der Waals surface area (Å²) >= 11 is 0. The van der Waals surface area contributed by atoms with Gasteiger partial charge < -0.3 is 20.5 Å². The first-order chi connectivity index (χ1) is 15.3. The molecule has 172 valence electrons. The van der Waals surface area contributed by atoms with Gasteiger partial charge in [-0.3, -0.25) is 19.3 Å². The van der Waals surface area contributed by atoms with Crippen LogP contribution in [0, 0.1) is 5.82 Å². The number of carbonyl (C=O) groups is 3. The Bertz CT molecular complexity index is 969. The van der Waals surface area contributed by atoms with E-state index in [1.807, 2.05) is 0 Å². The highest BCUT2D eigenvalue weighted by Crippen LogP contribution is 2.26. The molecule has 2 rings (SSSR count). The lowest BCUT2D eigenvalue weighted by Gasteiger charge is -2.33. The van der Waals surface area contributed by atoms with Crippen molar-refractivity contribution in [2.24, 2.45) is 0 Å². The van der Waals surface area contributed by atoms with E-state index < -0.39 is 11.5 Å². The third kappa shape index (κ3) is 6.12. The predicted molar refractivity (Wildman–Crippen MR) is 118 cm³/mol. The lowest BCUT2D eigenvalue weighted by atomic mass is 10.0. The third-order valence-corrected chi connectivity index (χ3v) is 5.31. The van der Waals surface area contributed by atoms with E-state index in [2.05, 4.69) is 10.6 Å². The van der Waals surface area contributed by atoms with Gasteiger partial charge in [-0.05, 0) is 24.7 Å². The Kier molecular flexibility index (Phi) is 8.86. The molecular weight excluding hydrogens is 417 g/mol. The Labute approximate surface area is 186 Å². The summed E-state index contributed by atoms with van der Waals surface area (Å²) in [7, 11) is 4.44. The quantitative estimate of drug-likeness (QED) is 0.339. The van der Waals surface area contributed by atoms with Gasteiger partial charge >= 0.3 is 0 Å². The molecule has 32 heavy (non-hydrogen) atoms. The number of hydrogen-bond donors (Lipinski definition) is 3. The molecule has 0 saturated heterocycles. The Morgan fingerprint density at radius 1 is 1.28 bits per heavy atom. The van der Waals surface area contributed by atoms with Crippen LogP contribution in [0.2, 0.25) is 0 Å². The number of rotatable bonds is 12. The van der Waals surface area contributed by atoms with Gasteiger partial charge in [0.15, 0.2) is 12.0 Å². The van der Waals surface area contributed by atoms with Gasteiger partial charge in [0.05, 0.1) is 7.11 Å². The van der Waals surface area contributed by atoms with Crippen LogP contribution in [0.15, 0.2) is 36.4 Å². The number of benzene rings is 2. The van der Waals surface area contributed by atoms with Crippen molar-refractivity contribution in [3.8, 4) is 5.75 Å². The van der Waals surface area contributed by atoms with Crippen LogP contribution >= 0.6 is 0 Å². The molecule has 8 nitrogen and oxygen atoms in total. The number of nitrogens with one attached hydrogen (secondary N) is 2. The smallest absolute Gasteiger partial charge is 0.219 e. The number of aliphatic hydroxyl groups is 1. The Morgan fingerprint density at radius 3 is 2.62 bits per heavy atom. The van der Waals surface area contributed by atoms with E-state index >= 15 is 0 Å². The van der Waals surface area contributed by atoms with Crippen molar-refractivity contribution in [3.63, 3.8) is 0 Å². The Balaban J connectivity index is 2.24. The number of carbonyl (C=O) groups excluding carboxylic acids is 3. The second-order valence-corrected chi connectivity index (χ2v) is 7.33. The number of anilines is 1. The molecule has 0 saturated carbocycles. The second-order valence-electron chi connectivity index (χ2n) is 7.33. The fourth-order valence-electron chi connectivity index (χ4n) is 3.18. The first-order valence-electron chi connectivity index (χ1n) is 10.0. The summed E-state index contributed by atoms with van der Waals surface area (Å²) in [4.78, 5) is 36.2. The van der Waals surface area contributed by atoms with Gasteiger partial charge in [0.25, 0.3) is 0 Å². The van der Waals surface area contributed by atoms with Crippen LogP contribution in [-0.4, -0.2) is 55.4 Å². The average Bonchev–Trinajstić information content (AvgIpc) is 2.81. The lowest BCUT2D eigenvalue weighted by molar-refractivity contribution is -0.148. The summed E-state index contributed by atoms with van der Waals surface area (Å²) < 4.78 is 19.3. The standard InChI is InChI=1S/C23H28FN3O5/c1-25-22(30)9-10-23(31,15-29)27(2)13-19-17(14-28)5-4-6-21(19)26-12-16-7-8-18(32-3)11-20(16)24/h4-8,11,14-15,26,31H,9-10,12-13H2,1-3H3,(H,25,30). The van der Waals surface area contributed by atoms with Crippen molar-refractivity contribution >= 4 is 24.2 Å². The van der Waals surface area contributed by atoms with E-state index in [0.717, 1.165) is 0 Å². The molecule has 0 aliphatic rings. The van der Waals surface area contributed by atoms with Crippen molar-refractivity contribution in [2.45, 2.75) is 31.7 Å². The summed E-state index contributed by atoms with van der Waals surface area (Å²) in [6.45, 7) is 0.175. The van der Waals surface area contributed by atoms with Crippen LogP contribution in [0.4, 0.5) is 10.1 Å². The predicted octanol–water partition coefficient (Wildman–Crippen LogP) is 2.10. The van der Waals surface area contributed by atoms with Crippen LogP contribution in [0.25, 0.3) is 0 Å². The van der Waals surface area contributed by atoms with E-state index in [-0.39, 0.29) is 31.8 Å². The minimum Gasteiger partial charge on any atom is -0.497 e. The molecule has 1 unspecified atom stereocenters. The molecule has 0 fully saturated rings. The average molecular weight is 445 g/mol. The van der Waals surface area contributed by atoms with Gasteiger partial charge in [-0.2, -0.15) is 0 Å². The first kappa shape index (κ1) is 25.0. The minimum atomic E-state index is -1.90. The normalized spacial score (nSPS) is 12.7. The number of methoxy groups -OCH3 is 1. The number of ether oxygens (including phenoxy) is 1. The zero-order valence-corrected chi connectivity index (χ0v) is 18.4. The molecule has 0 spiro atoms. The van der Waals surface area contributed by atoms with Crippen LogP contribution in [-0.2, 0) is 22.7 Å². The van der Waals surface area contributed by atoms with Crippen molar-refractivity contribution in [1.82, 2.24) is 10.2 Å². The van der Waals surface area contributed by atoms with Gasteiger partial charge in [-0.15, -0.1) is 0 Å². The monoisotopic (exact) mass is 445 g/mol. The number of likely N-dealkylation sites (N-methyl/N-ethyl adjacent to an activating group) is 1. The van der Waals surface area contributed by atoms with Crippen molar-refractivity contribution in [2.75, 3.05) is 26.5 Å². The second kappa shape index (κ2) is 11.4. The largest absolute Gasteiger partial charge is 0.497 e. The zero-order chi connectivity index (χ0) is 23.7. The maximum Gasteiger partial charge on any atom is 0.219 e. The molecule has 9 heteroatoms. The van der Waals surface area contributed by atoms with Gasteiger partial charge in [0.1, 0.15) is 17.9 Å². The summed E-state index contributed by atoms with van der Waals surface area (Å²) in [5, 5.41) is 16.3. The minimum absolute atomic E-state index is 0.0331. The summed E-state index contributed by atoms with van der Waals surface area (Å²) in [6.07, 6.45) is 0.884. The number of halogens is 1. The van der Waals surface area contributed by atoms with E-state index in [9.17, 15) is 23.9 Å². The number of nitrogens with zero attached hydrogens (tertiary/aromatic N) is 1. The summed E-state index contributed by atoms with van der Waals surface area (Å²) in [6, 6.07) is 9.54. The lowest BCUT2D eigenvalue weighted by Crippen LogP contribution is -2.48. The molecule has 0 aliphatic carbocycles. The maximum absolute atomic E-state index is 14.3. The molecule has 0 radical (unpaired) electrons. The number of aldehydes is 2. The van der Waals surface area contributed by atoms with E-state index in [4.69, 9.17) is 4.74 Å². The van der Waals surface area contributed by atoms with Gasteiger partial charge in [0.2, 0.25) is 5.91 Å². The Morgan fingerprint density at radius 2 is 2.03 bits per heavy atom. The molecule has 0 heterocycles. The van der Waals surface area contributed by atoms with Crippen LogP contribution in [0.1, 0.15) is 34.3 Å². The SMILES string of the molecule is CNC(=O)CCC(O)(C=O)N(C)Cc1c(C=O)cccc1NCc1ccc(OC)cc1F. The highest BCUT2D eigenvalue weighted by Gasteiger charge is 2.32. The van der Waals surface area contributed by atoms with Crippen LogP contribution in [0.5, 0.6) is 5.75 Å². The molecule has 0 aliphatic heterocycles. The molecule has 0 bridgehead atoms. The van der Waals surface area contributed by atoms with Crippen LogP contribution in [0.3, 0.4) is 0 Å². The summed E-state index contributed by atoms with van der Waals surface area (Å²) in [5.41, 5.74) is -0.0643. The van der Waals surface area contributed by atoms with Crippen LogP contribution < -0.4 is 15.4 Å². The van der Waals surface area contributed by atoms with Crippen molar-refractivity contribution < 1.29 is 28.6 Å². The summed E-state index contributed by atoms with van der Waals surface area (Å²) in [5.74, 6) is -0.344. The topological polar surface area (TPSA) is 108 Å². The number of amides is 1. The first-order valence-corrected chi connectivity index (χ1v) is 10.0. The fourth-order valence-corrected chi connectivity index (χ4v) is 3.18. The van der Waals surface area contributed by atoms with E-state index in [1.165, 1.54) is 32.2 Å². The highest BCUT2D eigenvalue weighted by atomic mass is 19.1. The third-order valence-electron chi connectivity index (χ3n) is 5.31. The van der Waals surface area contributed by atoms with Gasteiger partial charge in [-0.25, -0.2) is 4.39 Å². The molecule has 0 aromatic heterocycles. The molecule has 3 N–H and O–H groups in total. The van der Waals surface area contributed by atoms with Gasteiger partial charge in [-0.1, -0.05) is 18.2 Å². The van der Waals surface area contributed by atoms with E-state index in [1.54, 1.807) is 30.3 Å². The molecule has 1 amide bonds. The number of hydrogen-bond acceptors (Lipinski definition) is 7. The maximum atomic E-state index is 14.3. The molecule has 2 aromatic rings. The van der Waals surface area contributed by atoms with Gasteiger partial charge in [0, 0.05) is 55.9 Å². The van der Waals surface area contributed by atoms with E-state index in [0.29, 0.717) is 40.7 Å². The zero-order valence-electron chi connectivity index (χ0n) is 18.4. The van der Waals surface area contributed by atoms with Crippen molar-refractivity contribution in [3.05, 3.63) is 58.9 Å². The van der Waals surface area contributed by atoms with Crippen molar-refractivity contribution in [1.29, 1.82) is 0 Å². The molecular formula is C23H28FN3O5. The fraction of sp³-hybridized carbons (Fsp3) is 0.348.